The summed E-state index contributed by atoms with van der Waals surface area (Å²) < 4.78 is 1.10. The molecule has 98 valence electrons. The molecule has 1 saturated carbocycles. The van der Waals surface area contributed by atoms with Crippen molar-refractivity contribution in [3.63, 3.8) is 0 Å². The van der Waals surface area contributed by atoms with Gasteiger partial charge in [0.15, 0.2) is 5.69 Å². The second-order valence-corrected chi connectivity index (χ2v) is 4.15. The maximum atomic E-state index is 12.1. The number of aromatic nitrogens is 3. The van der Waals surface area contributed by atoms with Gasteiger partial charge in [0.05, 0.1) is 12.8 Å². The highest BCUT2D eigenvalue weighted by atomic mass is 16.4. The molecule has 0 atom stereocenters. The standard InChI is InChI=1S/C10H14N4O4/c15-4-3-14(7-1-2-7)10(18)8-5-13(12-11-8)6-9(16)17/h5,7,15H,1-4,6H2,(H,16,17). The number of carbonyl (C=O) groups is 2. The van der Waals surface area contributed by atoms with Gasteiger partial charge < -0.3 is 15.1 Å². The van der Waals surface area contributed by atoms with Gasteiger partial charge in [-0.3, -0.25) is 9.59 Å². The number of aliphatic hydroxyl groups excluding tert-OH is 1. The highest BCUT2D eigenvalue weighted by molar-refractivity contribution is 5.92. The zero-order valence-corrected chi connectivity index (χ0v) is 9.69. The van der Waals surface area contributed by atoms with Crippen LogP contribution in [0, 0.1) is 0 Å². The van der Waals surface area contributed by atoms with Crippen LogP contribution in [0.5, 0.6) is 0 Å². The van der Waals surface area contributed by atoms with E-state index in [9.17, 15) is 9.59 Å². The molecule has 0 saturated heterocycles. The Bertz CT molecular complexity index is 454. The first-order valence-electron chi connectivity index (χ1n) is 5.65. The number of amides is 1. The van der Waals surface area contributed by atoms with Crippen LogP contribution in [0.3, 0.4) is 0 Å². The molecule has 1 aromatic rings. The molecule has 2 rings (SSSR count). The van der Waals surface area contributed by atoms with Gasteiger partial charge in [-0.05, 0) is 12.8 Å². The summed E-state index contributed by atoms with van der Waals surface area (Å²) in [5, 5.41) is 24.7. The number of hydrogen-bond donors (Lipinski definition) is 2. The molecule has 1 aromatic heterocycles. The van der Waals surface area contributed by atoms with Gasteiger partial charge in [-0.1, -0.05) is 5.21 Å². The number of aliphatic hydroxyl groups is 1. The van der Waals surface area contributed by atoms with E-state index in [1.807, 2.05) is 0 Å². The highest BCUT2D eigenvalue weighted by Gasteiger charge is 2.33. The second-order valence-electron chi connectivity index (χ2n) is 4.15. The molecule has 8 heteroatoms. The van der Waals surface area contributed by atoms with Gasteiger partial charge in [0.1, 0.15) is 6.54 Å². The summed E-state index contributed by atoms with van der Waals surface area (Å²) >= 11 is 0. The lowest BCUT2D eigenvalue weighted by atomic mass is 10.3. The monoisotopic (exact) mass is 254 g/mol. The predicted molar refractivity (Wildman–Crippen MR) is 58.8 cm³/mol. The molecule has 0 bridgehead atoms. The van der Waals surface area contributed by atoms with Gasteiger partial charge in [-0.15, -0.1) is 5.10 Å². The van der Waals surface area contributed by atoms with Crippen molar-refractivity contribution in [1.82, 2.24) is 19.9 Å². The summed E-state index contributed by atoms with van der Waals surface area (Å²) in [5.74, 6) is -1.36. The predicted octanol–water partition coefficient (Wildman–Crippen LogP) is -1.04. The maximum Gasteiger partial charge on any atom is 0.325 e. The first kappa shape index (κ1) is 12.5. The molecule has 1 aliphatic carbocycles. The average Bonchev–Trinajstić information content (AvgIpc) is 3.05. The fourth-order valence-corrected chi connectivity index (χ4v) is 1.70. The van der Waals surface area contributed by atoms with Gasteiger partial charge >= 0.3 is 5.97 Å². The van der Waals surface area contributed by atoms with Gasteiger partial charge in [0.2, 0.25) is 0 Å². The van der Waals surface area contributed by atoms with Crippen molar-refractivity contribution >= 4 is 11.9 Å². The van der Waals surface area contributed by atoms with E-state index in [1.54, 1.807) is 4.90 Å². The third-order valence-corrected chi connectivity index (χ3v) is 2.64. The summed E-state index contributed by atoms with van der Waals surface area (Å²) in [4.78, 5) is 24.1. The minimum atomic E-state index is -1.05. The summed E-state index contributed by atoms with van der Waals surface area (Å²) in [6, 6.07) is 0.161. The number of rotatable bonds is 6. The lowest BCUT2D eigenvalue weighted by molar-refractivity contribution is -0.137. The van der Waals surface area contributed by atoms with Crippen LogP contribution < -0.4 is 0 Å². The van der Waals surface area contributed by atoms with E-state index in [1.165, 1.54) is 6.20 Å². The fraction of sp³-hybridized carbons (Fsp3) is 0.600. The number of carboxylic acid groups (broad SMARTS) is 1. The van der Waals surface area contributed by atoms with Crippen LogP contribution in [-0.4, -0.2) is 61.2 Å². The van der Waals surface area contributed by atoms with Crippen molar-refractivity contribution in [1.29, 1.82) is 0 Å². The van der Waals surface area contributed by atoms with E-state index in [0.717, 1.165) is 17.5 Å². The molecule has 0 aromatic carbocycles. The lowest BCUT2D eigenvalue weighted by Gasteiger charge is -2.19. The number of carbonyl (C=O) groups excluding carboxylic acids is 1. The SMILES string of the molecule is O=C(O)Cn1cc(C(=O)N(CCO)C2CC2)nn1. The Morgan fingerprint density at radius 3 is 2.78 bits per heavy atom. The lowest BCUT2D eigenvalue weighted by Crippen LogP contribution is -2.35. The fourth-order valence-electron chi connectivity index (χ4n) is 1.70. The molecule has 8 nitrogen and oxygen atoms in total. The van der Waals surface area contributed by atoms with Crippen LogP contribution in [0.2, 0.25) is 0 Å². The first-order valence-corrected chi connectivity index (χ1v) is 5.65. The molecular weight excluding hydrogens is 240 g/mol. The topological polar surface area (TPSA) is 109 Å². The molecule has 0 radical (unpaired) electrons. The Morgan fingerprint density at radius 2 is 2.22 bits per heavy atom. The molecule has 1 heterocycles. The normalized spacial score (nSPS) is 14.5. The molecule has 0 spiro atoms. The molecular formula is C10H14N4O4. The Hall–Kier alpha value is -1.96. The minimum Gasteiger partial charge on any atom is -0.480 e. The van der Waals surface area contributed by atoms with E-state index >= 15 is 0 Å². The first-order chi connectivity index (χ1) is 8.61. The average molecular weight is 254 g/mol. The van der Waals surface area contributed by atoms with Crippen LogP contribution >= 0.6 is 0 Å². The van der Waals surface area contributed by atoms with Gasteiger partial charge in [-0.25, -0.2) is 4.68 Å². The van der Waals surface area contributed by atoms with E-state index in [0.29, 0.717) is 0 Å². The molecule has 1 aliphatic rings. The number of hydrogen-bond acceptors (Lipinski definition) is 5. The maximum absolute atomic E-state index is 12.1. The molecule has 0 aliphatic heterocycles. The van der Waals surface area contributed by atoms with E-state index < -0.39 is 5.97 Å². The van der Waals surface area contributed by atoms with E-state index in [2.05, 4.69) is 10.3 Å². The Kier molecular flexibility index (Phi) is 3.56. The molecule has 1 amide bonds. The summed E-state index contributed by atoms with van der Waals surface area (Å²) in [5.41, 5.74) is 0.108. The quantitative estimate of drug-likeness (QED) is 0.671. The number of nitrogens with zero attached hydrogens (tertiary/aromatic N) is 4. The minimum absolute atomic E-state index is 0.106. The third-order valence-electron chi connectivity index (χ3n) is 2.64. The molecule has 1 fully saturated rings. The Morgan fingerprint density at radius 1 is 1.50 bits per heavy atom. The van der Waals surface area contributed by atoms with Crippen molar-refractivity contribution in [3.05, 3.63) is 11.9 Å². The van der Waals surface area contributed by atoms with Crippen molar-refractivity contribution in [2.75, 3.05) is 13.2 Å². The molecule has 2 N–H and O–H groups in total. The summed E-state index contributed by atoms with van der Waals surface area (Å²) in [7, 11) is 0. The number of aliphatic carboxylic acids is 1. The van der Waals surface area contributed by atoms with Crippen molar-refractivity contribution in [2.24, 2.45) is 0 Å². The van der Waals surface area contributed by atoms with Gasteiger partial charge in [0.25, 0.3) is 5.91 Å². The van der Waals surface area contributed by atoms with Crippen LogP contribution in [0.4, 0.5) is 0 Å². The van der Waals surface area contributed by atoms with Crippen molar-refractivity contribution in [3.8, 4) is 0 Å². The molecule has 18 heavy (non-hydrogen) atoms. The van der Waals surface area contributed by atoms with E-state index in [-0.39, 0.29) is 37.3 Å². The highest BCUT2D eigenvalue weighted by Crippen LogP contribution is 2.27. The van der Waals surface area contributed by atoms with Crippen LogP contribution in [-0.2, 0) is 11.3 Å². The third kappa shape index (κ3) is 2.83. The second kappa shape index (κ2) is 5.13. The van der Waals surface area contributed by atoms with Crippen LogP contribution in [0.1, 0.15) is 23.3 Å². The smallest absolute Gasteiger partial charge is 0.325 e. The Balaban J connectivity index is 2.06. The largest absolute Gasteiger partial charge is 0.480 e. The Labute approximate surface area is 103 Å². The molecule has 0 unspecified atom stereocenters. The van der Waals surface area contributed by atoms with Crippen LogP contribution in [0.25, 0.3) is 0 Å². The summed E-state index contributed by atoms with van der Waals surface area (Å²) in [6.07, 6.45) is 3.16. The summed E-state index contributed by atoms with van der Waals surface area (Å²) in [6.45, 7) is -0.176. The van der Waals surface area contributed by atoms with Gasteiger partial charge in [0, 0.05) is 12.6 Å². The van der Waals surface area contributed by atoms with Crippen molar-refractivity contribution in [2.45, 2.75) is 25.4 Å². The zero-order chi connectivity index (χ0) is 13.1. The van der Waals surface area contributed by atoms with E-state index in [4.69, 9.17) is 10.2 Å². The van der Waals surface area contributed by atoms with Crippen LogP contribution in [0.15, 0.2) is 6.20 Å². The number of carboxylic acids is 1. The zero-order valence-electron chi connectivity index (χ0n) is 9.69. The van der Waals surface area contributed by atoms with Gasteiger partial charge in [-0.2, -0.15) is 0 Å². The van der Waals surface area contributed by atoms with Crippen molar-refractivity contribution < 1.29 is 19.8 Å².